The Bertz CT molecular complexity index is 1480. The second kappa shape index (κ2) is 10.0. The van der Waals surface area contributed by atoms with Crippen molar-refractivity contribution in [2.24, 2.45) is 7.05 Å². The number of ether oxygens (including phenoxy) is 1. The monoisotopic (exact) mass is 498 g/mol. The van der Waals surface area contributed by atoms with Crippen LogP contribution in [0.15, 0.2) is 54.6 Å². The van der Waals surface area contributed by atoms with E-state index in [1.165, 1.54) is 5.56 Å². The molecule has 0 spiro atoms. The van der Waals surface area contributed by atoms with Gasteiger partial charge in [0.05, 0.1) is 13.5 Å². The highest BCUT2D eigenvalue weighted by molar-refractivity contribution is 5.94. The van der Waals surface area contributed by atoms with Gasteiger partial charge in [0.25, 0.3) is 5.91 Å². The number of amides is 1. The average Bonchev–Trinajstić information content (AvgIpc) is 3.30. The van der Waals surface area contributed by atoms with Gasteiger partial charge in [-0.3, -0.25) is 9.59 Å². The van der Waals surface area contributed by atoms with Crippen molar-refractivity contribution in [2.45, 2.75) is 38.6 Å². The molecule has 0 bridgehead atoms. The minimum Gasteiger partial charge on any atom is -0.494 e. The number of carboxylic acids is 1. The number of benzene rings is 3. The van der Waals surface area contributed by atoms with Crippen LogP contribution in [0.2, 0.25) is 0 Å². The first-order chi connectivity index (χ1) is 17.9. The van der Waals surface area contributed by atoms with Crippen LogP contribution in [0.5, 0.6) is 5.75 Å². The highest BCUT2D eigenvalue weighted by Gasteiger charge is 2.28. The van der Waals surface area contributed by atoms with Crippen molar-refractivity contribution in [3.63, 3.8) is 0 Å². The maximum atomic E-state index is 13.2. The van der Waals surface area contributed by atoms with Crippen molar-refractivity contribution in [3.05, 3.63) is 88.0 Å². The first kappa shape index (κ1) is 24.5. The molecule has 0 aliphatic carbocycles. The van der Waals surface area contributed by atoms with Gasteiger partial charge in [0.1, 0.15) is 16.8 Å². The van der Waals surface area contributed by atoms with Gasteiger partial charge in [-0.25, -0.2) is 4.68 Å². The molecule has 3 aromatic carbocycles. The molecule has 8 heteroatoms. The topological polar surface area (TPSA) is 97.6 Å². The minimum atomic E-state index is -0.885. The van der Waals surface area contributed by atoms with Gasteiger partial charge in [0.2, 0.25) is 0 Å². The van der Waals surface area contributed by atoms with Gasteiger partial charge < -0.3 is 14.7 Å². The SMILES string of the molecule is CCc1ccc(C(=O)N2CCc3c(cccc3[C@H](CC(=O)O)c3cc(OC)c4c(c3)nnn4C)C2)cc1. The van der Waals surface area contributed by atoms with E-state index in [-0.39, 0.29) is 12.3 Å². The summed E-state index contributed by atoms with van der Waals surface area (Å²) in [5, 5.41) is 18.2. The van der Waals surface area contributed by atoms with Crippen molar-refractivity contribution in [1.29, 1.82) is 0 Å². The summed E-state index contributed by atoms with van der Waals surface area (Å²) >= 11 is 0. The second-order valence-electron chi connectivity index (χ2n) is 9.47. The lowest BCUT2D eigenvalue weighted by molar-refractivity contribution is -0.137. The number of rotatable bonds is 7. The molecule has 0 radical (unpaired) electrons. The molecule has 190 valence electrons. The molecule has 0 unspecified atom stereocenters. The van der Waals surface area contributed by atoms with Crippen LogP contribution in [0.3, 0.4) is 0 Å². The summed E-state index contributed by atoms with van der Waals surface area (Å²) in [5.41, 5.74) is 7.23. The number of carboxylic acid groups (broad SMARTS) is 1. The van der Waals surface area contributed by atoms with Crippen LogP contribution in [0, 0.1) is 0 Å². The van der Waals surface area contributed by atoms with E-state index in [1.807, 2.05) is 59.5 Å². The predicted octanol–water partition coefficient (Wildman–Crippen LogP) is 4.34. The Balaban J connectivity index is 1.50. The average molecular weight is 499 g/mol. The standard InChI is InChI=1S/C29H30N4O4/c1-4-18-8-10-19(11-9-18)29(36)33-13-12-22-20(17-33)6-5-7-23(22)24(16-27(34)35)21-14-25-28(26(15-21)37-3)32(2)31-30-25/h5-11,14-15,24H,4,12-13,16-17H2,1-3H3,(H,34,35)/t24-/m1/s1. The van der Waals surface area contributed by atoms with Crippen LogP contribution in [0.1, 0.15) is 57.4 Å². The fraction of sp³-hybridized carbons (Fsp3) is 0.310. The molecule has 2 heterocycles. The lowest BCUT2D eigenvalue weighted by Crippen LogP contribution is -2.36. The molecule has 8 nitrogen and oxygen atoms in total. The number of carbonyl (C=O) groups is 2. The van der Waals surface area contributed by atoms with E-state index in [1.54, 1.807) is 18.8 Å². The molecule has 0 saturated carbocycles. The third kappa shape index (κ3) is 4.67. The Labute approximate surface area is 215 Å². The molecule has 1 atom stereocenters. The molecule has 1 amide bonds. The van der Waals surface area contributed by atoms with Crippen LogP contribution in [0.25, 0.3) is 11.0 Å². The van der Waals surface area contributed by atoms with E-state index in [9.17, 15) is 14.7 Å². The summed E-state index contributed by atoms with van der Waals surface area (Å²) in [7, 11) is 3.38. The van der Waals surface area contributed by atoms with E-state index < -0.39 is 11.9 Å². The van der Waals surface area contributed by atoms with Crippen molar-refractivity contribution in [2.75, 3.05) is 13.7 Å². The summed E-state index contributed by atoms with van der Waals surface area (Å²) in [6.07, 6.45) is 1.52. The van der Waals surface area contributed by atoms with Gasteiger partial charge in [-0.2, -0.15) is 0 Å². The van der Waals surface area contributed by atoms with E-state index >= 15 is 0 Å². The smallest absolute Gasteiger partial charge is 0.304 e. The number of nitrogens with zero attached hydrogens (tertiary/aromatic N) is 4. The Morgan fingerprint density at radius 1 is 1.14 bits per heavy atom. The summed E-state index contributed by atoms with van der Waals surface area (Å²) in [6, 6.07) is 17.6. The van der Waals surface area contributed by atoms with Gasteiger partial charge in [-0.05, 0) is 64.9 Å². The van der Waals surface area contributed by atoms with Crippen LogP contribution >= 0.6 is 0 Å². The van der Waals surface area contributed by atoms with Crippen molar-refractivity contribution in [3.8, 4) is 5.75 Å². The zero-order valence-corrected chi connectivity index (χ0v) is 21.3. The van der Waals surface area contributed by atoms with E-state index in [0.29, 0.717) is 36.3 Å². The summed E-state index contributed by atoms with van der Waals surface area (Å²) < 4.78 is 7.26. The van der Waals surface area contributed by atoms with Gasteiger partial charge in [0, 0.05) is 31.6 Å². The Kier molecular flexibility index (Phi) is 6.65. The van der Waals surface area contributed by atoms with Crippen LogP contribution in [0.4, 0.5) is 0 Å². The molecular weight excluding hydrogens is 468 g/mol. The van der Waals surface area contributed by atoms with E-state index in [4.69, 9.17) is 4.74 Å². The minimum absolute atomic E-state index is 0.0126. The number of carbonyl (C=O) groups excluding carboxylic acids is 1. The maximum absolute atomic E-state index is 13.2. The molecule has 1 aliphatic heterocycles. The number of fused-ring (bicyclic) bond motifs is 2. The molecule has 4 aromatic rings. The number of methoxy groups -OCH3 is 1. The second-order valence-corrected chi connectivity index (χ2v) is 9.47. The Morgan fingerprint density at radius 2 is 1.92 bits per heavy atom. The molecule has 1 aliphatic rings. The highest BCUT2D eigenvalue weighted by atomic mass is 16.5. The van der Waals surface area contributed by atoms with Gasteiger partial charge in [-0.1, -0.05) is 42.5 Å². The van der Waals surface area contributed by atoms with Crippen LogP contribution in [-0.2, 0) is 31.2 Å². The van der Waals surface area contributed by atoms with Gasteiger partial charge in [-0.15, -0.1) is 5.10 Å². The molecular formula is C29H30N4O4. The fourth-order valence-electron chi connectivity index (χ4n) is 5.32. The summed E-state index contributed by atoms with van der Waals surface area (Å²) in [5.74, 6) is -0.662. The first-order valence-electron chi connectivity index (χ1n) is 12.5. The Hall–Kier alpha value is -4.20. The highest BCUT2D eigenvalue weighted by Crippen LogP contribution is 2.38. The number of aromatic nitrogens is 3. The van der Waals surface area contributed by atoms with Crippen LogP contribution < -0.4 is 4.74 Å². The lowest BCUT2D eigenvalue weighted by Gasteiger charge is -2.32. The molecule has 0 saturated heterocycles. The quantitative estimate of drug-likeness (QED) is 0.407. The van der Waals surface area contributed by atoms with Crippen LogP contribution in [-0.4, -0.2) is 50.5 Å². The number of hydrogen-bond donors (Lipinski definition) is 1. The van der Waals surface area contributed by atoms with Crippen molar-refractivity contribution < 1.29 is 19.4 Å². The fourth-order valence-corrected chi connectivity index (χ4v) is 5.32. The zero-order chi connectivity index (χ0) is 26.1. The number of aliphatic carboxylic acids is 1. The molecule has 1 N–H and O–H groups in total. The van der Waals surface area contributed by atoms with E-state index in [2.05, 4.69) is 17.2 Å². The van der Waals surface area contributed by atoms with Crippen molar-refractivity contribution in [1.82, 2.24) is 19.9 Å². The maximum Gasteiger partial charge on any atom is 0.304 e. The number of aryl methyl sites for hydroxylation is 2. The lowest BCUT2D eigenvalue weighted by atomic mass is 9.82. The predicted molar refractivity (Wildman–Crippen MR) is 140 cm³/mol. The molecule has 1 aromatic heterocycles. The molecule has 5 rings (SSSR count). The van der Waals surface area contributed by atoms with Gasteiger partial charge >= 0.3 is 5.97 Å². The van der Waals surface area contributed by atoms with Crippen molar-refractivity contribution >= 4 is 22.9 Å². The zero-order valence-electron chi connectivity index (χ0n) is 21.3. The Morgan fingerprint density at radius 3 is 2.62 bits per heavy atom. The summed E-state index contributed by atoms with van der Waals surface area (Å²) in [6.45, 7) is 3.16. The molecule has 0 fully saturated rings. The third-order valence-electron chi connectivity index (χ3n) is 7.26. The molecule has 37 heavy (non-hydrogen) atoms. The third-order valence-corrected chi connectivity index (χ3v) is 7.26. The summed E-state index contributed by atoms with van der Waals surface area (Å²) in [4.78, 5) is 27.1. The first-order valence-corrected chi connectivity index (χ1v) is 12.5. The van der Waals surface area contributed by atoms with E-state index in [0.717, 1.165) is 34.2 Å². The largest absolute Gasteiger partial charge is 0.494 e. The van der Waals surface area contributed by atoms with Gasteiger partial charge in [0.15, 0.2) is 0 Å². The normalized spacial score (nSPS) is 13.9. The number of hydrogen-bond acceptors (Lipinski definition) is 5.